The van der Waals surface area contributed by atoms with Gasteiger partial charge in [-0.1, -0.05) is 140 Å². The molecule has 0 N–H and O–H groups in total. The van der Waals surface area contributed by atoms with Gasteiger partial charge in [-0.15, -0.1) is 0 Å². The fourth-order valence-electron chi connectivity index (χ4n) is 1.41. The van der Waals surface area contributed by atoms with Crippen molar-refractivity contribution in [1.82, 2.24) is 0 Å². The highest BCUT2D eigenvalue weighted by atomic mass is 16.1. The molecule has 1 heteroatoms. The van der Waals surface area contributed by atoms with Gasteiger partial charge in [0.1, 0.15) is 6.29 Å². The van der Waals surface area contributed by atoms with Crippen LogP contribution in [0.2, 0.25) is 0 Å². The standard InChI is InChI=1S/C25H26O/c1-2-3-4-5-6-7-8-9-10-11-12-13-14-15-16-17-18-19-20-21-22-23-24-25-26/h2-25H,1H2/b4-3+,6-5+,8-7+,10-9+,12-11+,14-13+,16-15+,18-17+,20-19+,22-21+,24-23+. The van der Waals surface area contributed by atoms with Gasteiger partial charge in [-0.05, 0) is 6.08 Å². The second kappa shape index (κ2) is 21.6. The summed E-state index contributed by atoms with van der Waals surface area (Å²) in [5.74, 6) is 0. The van der Waals surface area contributed by atoms with Crippen molar-refractivity contribution < 1.29 is 4.79 Å². The zero-order valence-electron chi connectivity index (χ0n) is 15.0. The van der Waals surface area contributed by atoms with Crippen molar-refractivity contribution in [1.29, 1.82) is 0 Å². The average Bonchev–Trinajstić information content (AvgIpc) is 2.66. The second-order valence-corrected chi connectivity index (χ2v) is 4.61. The van der Waals surface area contributed by atoms with E-state index in [1.54, 1.807) is 18.2 Å². The summed E-state index contributed by atoms with van der Waals surface area (Å²) in [5, 5.41) is 0. The quantitative estimate of drug-likeness (QED) is 0.225. The summed E-state index contributed by atoms with van der Waals surface area (Å²) in [6.07, 6.45) is 44.4. The van der Waals surface area contributed by atoms with E-state index in [-0.39, 0.29) is 0 Å². The van der Waals surface area contributed by atoms with E-state index in [0.29, 0.717) is 0 Å². The molecule has 0 radical (unpaired) electrons. The van der Waals surface area contributed by atoms with Gasteiger partial charge in [0.2, 0.25) is 0 Å². The van der Waals surface area contributed by atoms with Gasteiger partial charge in [0, 0.05) is 0 Å². The summed E-state index contributed by atoms with van der Waals surface area (Å²) < 4.78 is 0. The SMILES string of the molecule is C=C/C=C/C=C/C=C/C=C/C=C/C=C/C=C/C=C/C=C/C=C/C=C/C=O. The highest BCUT2D eigenvalue weighted by molar-refractivity contribution is 5.65. The third kappa shape index (κ3) is 20.6. The van der Waals surface area contributed by atoms with E-state index < -0.39 is 0 Å². The number of hydrogen-bond acceptors (Lipinski definition) is 1. The van der Waals surface area contributed by atoms with Crippen LogP contribution in [-0.2, 0) is 4.79 Å². The van der Waals surface area contributed by atoms with Crippen LogP contribution in [0.15, 0.2) is 146 Å². The van der Waals surface area contributed by atoms with Gasteiger partial charge in [-0.3, -0.25) is 4.79 Å². The van der Waals surface area contributed by atoms with Crippen LogP contribution in [0.1, 0.15) is 0 Å². The number of hydrogen-bond donors (Lipinski definition) is 0. The van der Waals surface area contributed by atoms with Crippen LogP contribution in [-0.4, -0.2) is 6.29 Å². The Balaban J connectivity index is 3.93. The molecule has 0 bridgehead atoms. The average molecular weight is 342 g/mol. The van der Waals surface area contributed by atoms with Crippen molar-refractivity contribution in [3.63, 3.8) is 0 Å². The van der Waals surface area contributed by atoms with Gasteiger partial charge in [0.05, 0.1) is 0 Å². The summed E-state index contributed by atoms with van der Waals surface area (Å²) in [7, 11) is 0. The zero-order valence-corrected chi connectivity index (χ0v) is 15.0. The van der Waals surface area contributed by atoms with E-state index in [1.807, 2.05) is 115 Å². The Morgan fingerprint density at radius 1 is 0.308 bits per heavy atom. The minimum Gasteiger partial charge on any atom is -0.299 e. The van der Waals surface area contributed by atoms with Gasteiger partial charge in [-0.2, -0.15) is 0 Å². The Hall–Kier alpha value is -3.45. The molecule has 132 valence electrons. The van der Waals surface area contributed by atoms with Crippen LogP contribution in [0.3, 0.4) is 0 Å². The topological polar surface area (TPSA) is 17.1 Å². The van der Waals surface area contributed by atoms with E-state index in [4.69, 9.17) is 0 Å². The Labute approximate surface area is 157 Å². The maximum absolute atomic E-state index is 10.0. The highest BCUT2D eigenvalue weighted by Crippen LogP contribution is 1.87. The molecule has 0 saturated carbocycles. The van der Waals surface area contributed by atoms with Crippen LogP contribution in [0.4, 0.5) is 0 Å². The van der Waals surface area contributed by atoms with Gasteiger partial charge in [-0.25, -0.2) is 0 Å². The molecule has 0 aromatic rings. The van der Waals surface area contributed by atoms with Crippen molar-refractivity contribution in [2.75, 3.05) is 0 Å². The Bertz CT molecular complexity index is 622. The third-order valence-corrected chi connectivity index (χ3v) is 2.55. The molecule has 26 heavy (non-hydrogen) atoms. The number of allylic oxidation sites excluding steroid dienone is 23. The molecule has 0 spiro atoms. The minimum atomic E-state index is 0.748. The molecule has 0 aromatic carbocycles. The fourth-order valence-corrected chi connectivity index (χ4v) is 1.41. The Morgan fingerprint density at radius 2 is 0.500 bits per heavy atom. The van der Waals surface area contributed by atoms with Gasteiger partial charge >= 0.3 is 0 Å². The second-order valence-electron chi connectivity index (χ2n) is 4.61. The minimum absolute atomic E-state index is 0.748. The molecule has 0 aliphatic rings. The summed E-state index contributed by atoms with van der Waals surface area (Å²) >= 11 is 0. The predicted octanol–water partition coefficient (Wildman–Crippen LogP) is 6.49. The summed E-state index contributed by atoms with van der Waals surface area (Å²) in [6, 6.07) is 0. The Morgan fingerprint density at radius 3 is 0.692 bits per heavy atom. The molecule has 0 rings (SSSR count). The lowest BCUT2D eigenvalue weighted by Gasteiger charge is -1.76. The van der Waals surface area contributed by atoms with E-state index in [9.17, 15) is 4.79 Å². The van der Waals surface area contributed by atoms with E-state index in [0.717, 1.165) is 6.29 Å². The maximum atomic E-state index is 10.0. The number of carbonyl (C=O) groups is 1. The van der Waals surface area contributed by atoms with Crippen LogP contribution in [0.5, 0.6) is 0 Å². The predicted molar refractivity (Wildman–Crippen MR) is 117 cm³/mol. The fraction of sp³-hybridized carbons (Fsp3) is 0. The van der Waals surface area contributed by atoms with Crippen LogP contribution >= 0.6 is 0 Å². The van der Waals surface area contributed by atoms with Crippen LogP contribution < -0.4 is 0 Å². The van der Waals surface area contributed by atoms with Gasteiger partial charge in [0.15, 0.2) is 0 Å². The van der Waals surface area contributed by atoms with E-state index >= 15 is 0 Å². The number of rotatable bonds is 12. The van der Waals surface area contributed by atoms with E-state index in [1.165, 1.54) is 6.08 Å². The Kier molecular flexibility index (Phi) is 18.7. The lowest BCUT2D eigenvalue weighted by Crippen LogP contribution is -1.56. The molecule has 0 aliphatic heterocycles. The lowest BCUT2D eigenvalue weighted by molar-refractivity contribution is -0.104. The molecule has 0 aromatic heterocycles. The smallest absolute Gasteiger partial charge is 0.142 e. The molecule has 0 fully saturated rings. The van der Waals surface area contributed by atoms with Crippen LogP contribution in [0, 0.1) is 0 Å². The van der Waals surface area contributed by atoms with Crippen molar-refractivity contribution >= 4 is 6.29 Å². The zero-order chi connectivity index (χ0) is 19.0. The molecule has 0 aliphatic carbocycles. The monoisotopic (exact) mass is 342 g/mol. The molecule has 0 amide bonds. The molecule has 0 atom stereocenters. The van der Waals surface area contributed by atoms with Gasteiger partial charge < -0.3 is 0 Å². The number of carbonyl (C=O) groups excluding carboxylic acids is 1. The van der Waals surface area contributed by atoms with Crippen LogP contribution in [0.25, 0.3) is 0 Å². The first kappa shape index (κ1) is 22.6. The molecule has 0 heterocycles. The maximum Gasteiger partial charge on any atom is 0.142 e. The molecular formula is C25H26O. The summed E-state index contributed by atoms with van der Waals surface area (Å²) in [5.41, 5.74) is 0. The lowest BCUT2D eigenvalue weighted by atomic mass is 10.3. The summed E-state index contributed by atoms with van der Waals surface area (Å²) in [6.45, 7) is 3.60. The molecule has 1 nitrogen and oxygen atoms in total. The molecule has 0 saturated heterocycles. The van der Waals surface area contributed by atoms with E-state index in [2.05, 4.69) is 6.58 Å². The molecular weight excluding hydrogens is 316 g/mol. The first-order valence-corrected chi connectivity index (χ1v) is 8.31. The highest BCUT2D eigenvalue weighted by Gasteiger charge is 1.66. The number of aldehydes is 1. The molecule has 0 unspecified atom stereocenters. The summed E-state index contributed by atoms with van der Waals surface area (Å²) in [4.78, 5) is 10.0. The normalized spacial score (nSPS) is 14.3. The van der Waals surface area contributed by atoms with Crippen molar-refractivity contribution in [2.24, 2.45) is 0 Å². The first-order valence-electron chi connectivity index (χ1n) is 8.31. The van der Waals surface area contributed by atoms with Gasteiger partial charge in [0.25, 0.3) is 0 Å². The van der Waals surface area contributed by atoms with Crippen molar-refractivity contribution in [3.05, 3.63) is 146 Å². The largest absolute Gasteiger partial charge is 0.299 e. The third-order valence-electron chi connectivity index (χ3n) is 2.55. The van der Waals surface area contributed by atoms with Crippen molar-refractivity contribution in [3.8, 4) is 0 Å². The van der Waals surface area contributed by atoms with Crippen molar-refractivity contribution in [2.45, 2.75) is 0 Å². The first-order chi connectivity index (χ1) is 12.9.